The van der Waals surface area contributed by atoms with Gasteiger partial charge in [-0.15, -0.1) is 0 Å². The van der Waals surface area contributed by atoms with Crippen molar-refractivity contribution in [2.75, 3.05) is 31.6 Å². The van der Waals surface area contributed by atoms with Gasteiger partial charge in [0.15, 0.2) is 5.11 Å². The second kappa shape index (κ2) is 8.01. The van der Waals surface area contributed by atoms with Crippen molar-refractivity contribution in [3.8, 4) is 0 Å². The minimum absolute atomic E-state index is 0.655. The lowest BCUT2D eigenvalue weighted by molar-refractivity contribution is 0.338. The molecule has 3 nitrogen and oxygen atoms in total. The molecular formula is C11H22N2OS2. The van der Waals surface area contributed by atoms with Crippen molar-refractivity contribution >= 4 is 28.1 Å². The van der Waals surface area contributed by atoms with Crippen LogP contribution in [0.2, 0.25) is 0 Å². The molecule has 1 heterocycles. The topological polar surface area (TPSA) is 32.3 Å². The van der Waals surface area contributed by atoms with E-state index in [1.54, 1.807) is 6.26 Å². The van der Waals surface area contributed by atoms with Crippen LogP contribution in [-0.2, 0) is 10.8 Å². The molecular weight excluding hydrogens is 240 g/mol. The van der Waals surface area contributed by atoms with E-state index in [1.165, 1.54) is 19.3 Å². The molecule has 1 unspecified atom stereocenters. The SMILES string of the molecule is CS(=O)CCCCNC(=S)N1CCCCC1. The molecule has 1 aliphatic heterocycles. The number of hydrogen-bond donors (Lipinski definition) is 1. The lowest BCUT2D eigenvalue weighted by Crippen LogP contribution is -2.42. The largest absolute Gasteiger partial charge is 0.363 e. The van der Waals surface area contributed by atoms with Gasteiger partial charge in [-0.25, -0.2) is 0 Å². The lowest BCUT2D eigenvalue weighted by atomic mass is 10.1. The van der Waals surface area contributed by atoms with Gasteiger partial charge >= 0.3 is 0 Å². The summed E-state index contributed by atoms with van der Waals surface area (Å²) >= 11 is 5.33. The summed E-state index contributed by atoms with van der Waals surface area (Å²) in [6.45, 7) is 3.11. The van der Waals surface area contributed by atoms with Crippen LogP contribution in [0, 0.1) is 0 Å². The molecule has 0 spiro atoms. The van der Waals surface area contributed by atoms with Crippen LogP contribution in [0.3, 0.4) is 0 Å². The quantitative estimate of drug-likeness (QED) is 0.601. The summed E-state index contributed by atoms with van der Waals surface area (Å²) in [5.41, 5.74) is 0. The molecule has 0 radical (unpaired) electrons. The molecule has 1 saturated heterocycles. The van der Waals surface area contributed by atoms with Gasteiger partial charge in [0.2, 0.25) is 0 Å². The zero-order valence-electron chi connectivity index (χ0n) is 10.0. The standard InChI is InChI=1S/C11H22N2OS2/c1-16(14)10-6-3-7-12-11(15)13-8-4-2-5-9-13/h2-10H2,1H3,(H,12,15). The van der Waals surface area contributed by atoms with Crippen LogP contribution in [0.4, 0.5) is 0 Å². The normalized spacial score (nSPS) is 18.2. The van der Waals surface area contributed by atoms with Crippen LogP contribution >= 0.6 is 12.2 Å². The Balaban J connectivity index is 2.03. The molecule has 0 aromatic rings. The lowest BCUT2D eigenvalue weighted by Gasteiger charge is -2.29. The molecule has 1 fully saturated rings. The van der Waals surface area contributed by atoms with E-state index in [0.717, 1.165) is 43.3 Å². The maximum Gasteiger partial charge on any atom is 0.168 e. The Morgan fingerprint density at radius 2 is 2.00 bits per heavy atom. The number of nitrogens with one attached hydrogen (secondary N) is 1. The van der Waals surface area contributed by atoms with E-state index in [-0.39, 0.29) is 0 Å². The second-order valence-electron chi connectivity index (χ2n) is 4.26. The minimum Gasteiger partial charge on any atom is -0.363 e. The molecule has 16 heavy (non-hydrogen) atoms. The first-order valence-electron chi connectivity index (χ1n) is 6.03. The highest BCUT2D eigenvalue weighted by atomic mass is 32.2. The predicted molar refractivity (Wildman–Crippen MR) is 74.2 cm³/mol. The zero-order valence-corrected chi connectivity index (χ0v) is 11.7. The molecule has 1 aliphatic rings. The Morgan fingerprint density at radius 3 is 2.62 bits per heavy atom. The molecule has 1 atom stereocenters. The third kappa shape index (κ3) is 5.80. The van der Waals surface area contributed by atoms with E-state index in [0.29, 0.717) is 0 Å². The van der Waals surface area contributed by atoms with Gasteiger partial charge in [0.05, 0.1) is 0 Å². The Labute approximate surface area is 106 Å². The average Bonchev–Trinajstić information content (AvgIpc) is 2.29. The summed E-state index contributed by atoms with van der Waals surface area (Å²) in [5, 5.41) is 4.18. The van der Waals surface area contributed by atoms with Gasteiger partial charge in [-0.2, -0.15) is 0 Å². The molecule has 1 rings (SSSR count). The van der Waals surface area contributed by atoms with Crippen molar-refractivity contribution in [2.24, 2.45) is 0 Å². The molecule has 94 valence electrons. The van der Waals surface area contributed by atoms with Crippen molar-refractivity contribution < 1.29 is 4.21 Å². The van der Waals surface area contributed by atoms with Crippen molar-refractivity contribution in [1.29, 1.82) is 0 Å². The van der Waals surface area contributed by atoms with E-state index in [9.17, 15) is 4.21 Å². The number of likely N-dealkylation sites (tertiary alicyclic amines) is 1. The van der Waals surface area contributed by atoms with Gasteiger partial charge < -0.3 is 10.2 Å². The van der Waals surface area contributed by atoms with Crippen LogP contribution in [-0.4, -0.2) is 45.9 Å². The molecule has 0 aliphatic carbocycles. The second-order valence-corrected chi connectivity index (χ2v) is 6.21. The molecule has 0 amide bonds. The summed E-state index contributed by atoms with van der Waals surface area (Å²) in [7, 11) is -0.655. The van der Waals surface area contributed by atoms with Crippen molar-refractivity contribution in [3.05, 3.63) is 0 Å². The summed E-state index contributed by atoms with van der Waals surface area (Å²) in [6, 6.07) is 0. The number of thiocarbonyl (C=S) groups is 1. The Hall–Kier alpha value is -0.160. The highest BCUT2D eigenvalue weighted by Gasteiger charge is 2.12. The van der Waals surface area contributed by atoms with Crippen molar-refractivity contribution in [3.63, 3.8) is 0 Å². The number of unbranched alkanes of at least 4 members (excludes halogenated alkanes) is 1. The van der Waals surface area contributed by atoms with Crippen LogP contribution in [0.15, 0.2) is 0 Å². The third-order valence-corrected chi connectivity index (χ3v) is 4.04. The molecule has 0 aromatic heterocycles. The summed E-state index contributed by atoms with van der Waals surface area (Å²) in [5.74, 6) is 0.804. The molecule has 1 N–H and O–H groups in total. The summed E-state index contributed by atoms with van der Waals surface area (Å²) < 4.78 is 10.8. The monoisotopic (exact) mass is 262 g/mol. The number of piperidine rings is 1. The fourth-order valence-corrected chi connectivity index (χ4v) is 2.73. The minimum atomic E-state index is -0.655. The average molecular weight is 262 g/mol. The van der Waals surface area contributed by atoms with Crippen molar-refractivity contribution in [2.45, 2.75) is 32.1 Å². The molecule has 5 heteroatoms. The van der Waals surface area contributed by atoms with Gasteiger partial charge in [-0.05, 0) is 44.3 Å². The third-order valence-electron chi connectivity index (χ3n) is 2.78. The first-order valence-corrected chi connectivity index (χ1v) is 8.16. The fraction of sp³-hybridized carbons (Fsp3) is 0.909. The Bertz CT molecular complexity index is 240. The van der Waals surface area contributed by atoms with E-state index < -0.39 is 10.8 Å². The first kappa shape index (κ1) is 13.9. The van der Waals surface area contributed by atoms with Crippen LogP contribution in [0.5, 0.6) is 0 Å². The van der Waals surface area contributed by atoms with E-state index in [1.807, 2.05) is 0 Å². The van der Waals surface area contributed by atoms with Gasteiger partial charge in [0.1, 0.15) is 0 Å². The highest BCUT2D eigenvalue weighted by Crippen LogP contribution is 2.08. The van der Waals surface area contributed by atoms with Crippen LogP contribution in [0.25, 0.3) is 0 Å². The van der Waals surface area contributed by atoms with Gasteiger partial charge in [0.25, 0.3) is 0 Å². The first-order chi connectivity index (χ1) is 7.70. The highest BCUT2D eigenvalue weighted by molar-refractivity contribution is 7.84. The smallest absolute Gasteiger partial charge is 0.168 e. The fourth-order valence-electron chi connectivity index (χ4n) is 1.83. The number of hydrogen-bond acceptors (Lipinski definition) is 2. The van der Waals surface area contributed by atoms with Crippen LogP contribution in [0.1, 0.15) is 32.1 Å². The molecule has 0 saturated carbocycles. The van der Waals surface area contributed by atoms with E-state index >= 15 is 0 Å². The Kier molecular flexibility index (Phi) is 6.96. The number of rotatable bonds is 5. The van der Waals surface area contributed by atoms with Crippen molar-refractivity contribution in [1.82, 2.24) is 10.2 Å². The van der Waals surface area contributed by atoms with E-state index in [4.69, 9.17) is 12.2 Å². The maximum absolute atomic E-state index is 10.8. The predicted octanol–water partition coefficient (Wildman–Crippen LogP) is 1.51. The molecule has 0 bridgehead atoms. The van der Waals surface area contributed by atoms with E-state index in [2.05, 4.69) is 10.2 Å². The van der Waals surface area contributed by atoms with Gasteiger partial charge in [0, 0.05) is 42.4 Å². The van der Waals surface area contributed by atoms with Gasteiger partial charge in [-0.3, -0.25) is 4.21 Å². The Morgan fingerprint density at radius 1 is 1.31 bits per heavy atom. The summed E-state index contributed by atoms with van der Waals surface area (Å²) in [4.78, 5) is 2.26. The summed E-state index contributed by atoms with van der Waals surface area (Å²) in [6.07, 6.45) is 7.67. The number of nitrogens with zero attached hydrogens (tertiary/aromatic N) is 1. The van der Waals surface area contributed by atoms with Crippen LogP contribution < -0.4 is 5.32 Å². The maximum atomic E-state index is 10.8. The zero-order chi connectivity index (χ0) is 11.8. The molecule has 0 aromatic carbocycles. The van der Waals surface area contributed by atoms with Gasteiger partial charge in [-0.1, -0.05) is 0 Å².